The first kappa shape index (κ1) is 16.0. The van der Waals surface area contributed by atoms with Crippen LogP contribution in [0.3, 0.4) is 0 Å². The Morgan fingerprint density at radius 1 is 1.17 bits per heavy atom. The number of amides is 1. The van der Waals surface area contributed by atoms with E-state index in [0.29, 0.717) is 5.02 Å². The zero-order chi connectivity index (χ0) is 16.1. The normalized spacial score (nSPS) is 17.2. The van der Waals surface area contributed by atoms with Gasteiger partial charge in [-0.3, -0.25) is 4.79 Å². The lowest BCUT2D eigenvalue weighted by molar-refractivity contribution is -0.117. The van der Waals surface area contributed by atoms with E-state index in [4.69, 9.17) is 11.6 Å². The van der Waals surface area contributed by atoms with E-state index >= 15 is 0 Å². The summed E-state index contributed by atoms with van der Waals surface area (Å²) in [5, 5.41) is 6.84. The van der Waals surface area contributed by atoms with Crippen molar-refractivity contribution in [2.75, 3.05) is 11.9 Å². The Balaban J connectivity index is 1.60. The van der Waals surface area contributed by atoms with E-state index in [-0.39, 0.29) is 11.9 Å². The van der Waals surface area contributed by atoms with Gasteiger partial charge >= 0.3 is 0 Å². The quantitative estimate of drug-likeness (QED) is 0.876. The molecule has 1 atom stereocenters. The highest BCUT2D eigenvalue weighted by Gasteiger charge is 2.21. The third kappa shape index (κ3) is 4.34. The molecular weight excluding hydrogens is 308 g/mol. The van der Waals surface area contributed by atoms with E-state index in [2.05, 4.69) is 22.8 Å². The second-order valence-corrected chi connectivity index (χ2v) is 6.34. The van der Waals surface area contributed by atoms with Crippen molar-refractivity contribution in [3.63, 3.8) is 0 Å². The van der Waals surface area contributed by atoms with Crippen LogP contribution in [0.15, 0.2) is 48.5 Å². The van der Waals surface area contributed by atoms with Gasteiger partial charge in [0.05, 0.1) is 6.04 Å². The van der Waals surface area contributed by atoms with Gasteiger partial charge in [-0.2, -0.15) is 0 Å². The van der Waals surface area contributed by atoms with Gasteiger partial charge in [-0.25, -0.2) is 0 Å². The average molecular weight is 329 g/mol. The first-order valence-corrected chi connectivity index (χ1v) is 8.47. The summed E-state index contributed by atoms with van der Waals surface area (Å²) in [6, 6.07) is 16.1. The van der Waals surface area contributed by atoms with E-state index in [9.17, 15) is 4.79 Å². The van der Waals surface area contributed by atoms with Gasteiger partial charge in [-0.05, 0) is 55.5 Å². The highest BCUT2D eigenvalue weighted by molar-refractivity contribution is 6.31. The molecule has 3 rings (SSSR count). The molecule has 0 spiro atoms. The summed E-state index contributed by atoms with van der Waals surface area (Å²) >= 11 is 6.37. The Morgan fingerprint density at radius 3 is 2.70 bits per heavy atom. The Bertz CT molecular complexity index is 666. The predicted octanol–water partition coefficient (Wildman–Crippen LogP) is 3.82. The van der Waals surface area contributed by atoms with E-state index in [1.807, 2.05) is 36.4 Å². The molecule has 2 aromatic carbocycles. The van der Waals surface area contributed by atoms with Crippen molar-refractivity contribution in [1.29, 1.82) is 0 Å². The van der Waals surface area contributed by atoms with Crippen LogP contribution in [0, 0.1) is 0 Å². The van der Waals surface area contributed by atoms with Crippen LogP contribution in [0.4, 0.5) is 5.69 Å². The van der Waals surface area contributed by atoms with Crippen LogP contribution in [-0.2, 0) is 17.6 Å². The zero-order valence-corrected chi connectivity index (χ0v) is 13.8. The topological polar surface area (TPSA) is 41.1 Å². The number of hydrogen-bond donors (Lipinski definition) is 2. The number of nitrogens with one attached hydrogen (secondary N) is 2. The van der Waals surface area contributed by atoms with Gasteiger partial charge < -0.3 is 10.6 Å². The molecule has 2 N–H and O–H groups in total. The fourth-order valence-corrected chi connectivity index (χ4v) is 3.16. The zero-order valence-electron chi connectivity index (χ0n) is 13.0. The molecule has 1 amide bonds. The molecule has 3 nitrogen and oxygen atoms in total. The van der Waals surface area contributed by atoms with Crippen LogP contribution >= 0.6 is 11.6 Å². The van der Waals surface area contributed by atoms with Crippen LogP contribution in [0.1, 0.15) is 24.0 Å². The molecule has 1 aliphatic heterocycles. The minimum atomic E-state index is -0.0773. The number of carbonyl (C=O) groups is 1. The largest absolute Gasteiger partial charge is 0.325 e. The Kier molecular flexibility index (Phi) is 5.31. The highest BCUT2D eigenvalue weighted by Crippen LogP contribution is 2.23. The number of anilines is 1. The van der Waals surface area contributed by atoms with Crippen molar-refractivity contribution >= 4 is 23.2 Å². The lowest BCUT2D eigenvalue weighted by atomic mass is 10.0. The van der Waals surface area contributed by atoms with E-state index < -0.39 is 0 Å². The second-order valence-electron chi connectivity index (χ2n) is 5.93. The molecule has 0 aromatic heterocycles. The summed E-state index contributed by atoms with van der Waals surface area (Å²) < 4.78 is 0. The van der Waals surface area contributed by atoms with Gasteiger partial charge in [-0.15, -0.1) is 0 Å². The summed E-state index contributed by atoms with van der Waals surface area (Å²) in [6.07, 6.45) is 3.80. The van der Waals surface area contributed by atoms with E-state index in [0.717, 1.165) is 43.5 Å². The third-order valence-electron chi connectivity index (χ3n) is 4.22. The standard InChI is InChI=1S/C19H21ClN2O/c20-17-13-16(22-19(23)18-7-4-12-21-18)11-10-15(17)9-8-14-5-2-1-3-6-14/h1-3,5-6,10-11,13,18,21H,4,7-9,12H2,(H,22,23). The van der Waals surface area contributed by atoms with Crippen molar-refractivity contribution in [3.05, 3.63) is 64.7 Å². The van der Waals surface area contributed by atoms with Crippen LogP contribution < -0.4 is 10.6 Å². The number of hydrogen-bond acceptors (Lipinski definition) is 2. The lowest BCUT2D eigenvalue weighted by Crippen LogP contribution is -2.35. The van der Waals surface area contributed by atoms with Gasteiger partial charge in [0.1, 0.15) is 0 Å². The van der Waals surface area contributed by atoms with Gasteiger partial charge in [0.15, 0.2) is 0 Å². The Morgan fingerprint density at radius 2 is 2.00 bits per heavy atom. The average Bonchev–Trinajstić information content (AvgIpc) is 3.10. The SMILES string of the molecule is O=C(Nc1ccc(CCc2ccccc2)c(Cl)c1)C1CCCN1. The molecule has 1 saturated heterocycles. The van der Waals surface area contributed by atoms with Crippen molar-refractivity contribution in [1.82, 2.24) is 5.32 Å². The molecule has 1 fully saturated rings. The van der Waals surface area contributed by atoms with Gasteiger partial charge in [0.25, 0.3) is 0 Å². The minimum Gasteiger partial charge on any atom is -0.325 e. The Labute approximate surface area is 142 Å². The number of aryl methyl sites for hydroxylation is 2. The summed E-state index contributed by atoms with van der Waals surface area (Å²) in [6.45, 7) is 0.914. The maximum absolute atomic E-state index is 12.1. The fourth-order valence-electron chi connectivity index (χ4n) is 2.89. The lowest BCUT2D eigenvalue weighted by Gasteiger charge is -2.12. The van der Waals surface area contributed by atoms with Crippen LogP contribution in [-0.4, -0.2) is 18.5 Å². The summed E-state index contributed by atoms with van der Waals surface area (Å²) in [5.41, 5.74) is 3.16. The van der Waals surface area contributed by atoms with Gasteiger partial charge in [-0.1, -0.05) is 48.0 Å². The molecule has 2 aromatic rings. The molecule has 1 unspecified atom stereocenters. The molecule has 0 bridgehead atoms. The fraction of sp³-hybridized carbons (Fsp3) is 0.316. The maximum atomic E-state index is 12.1. The maximum Gasteiger partial charge on any atom is 0.241 e. The minimum absolute atomic E-state index is 0.0237. The molecule has 0 radical (unpaired) electrons. The Hall–Kier alpha value is -1.84. The molecule has 4 heteroatoms. The third-order valence-corrected chi connectivity index (χ3v) is 4.58. The molecule has 1 aliphatic rings. The van der Waals surface area contributed by atoms with Gasteiger partial charge in [0.2, 0.25) is 5.91 Å². The van der Waals surface area contributed by atoms with E-state index in [1.54, 1.807) is 0 Å². The molecular formula is C19H21ClN2O. The number of benzene rings is 2. The summed E-state index contributed by atoms with van der Waals surface area (Å²) in [7, 11) is 0. The predicted molar refractivity (Wildman–Crippen MR) is 95.0 cm³/mol. The van der Waals surface area contributed by atoms with Crippen molar-refractivity contribution in [2.24, 2.45) is 0 Å². The van der Waals surface area contributed by atoms with Crippen LogP contribution in [0.5, 0.6) is 0 Å². The first-order valence-electron chi connectivity index (χ1n) is 8.09. The molecule has 120 valence electrons. The highest BCUT2D eigenvalue weighted by atomic mass is 35.5. The first-order chi connectivity index (χ1) is 11.2. The number of rotatable bonds is 5. The molecule has 23 heavy (non-hydrogen) atoms. The van der Waals surface area contributed by atoms with E-state index in [1.165, 1.54) is 5.56 Å². The van der Waals surface area contributed by atoms with Crippen molar-refractivity contribution in [2.45, 2.75) is 31.7 Å². The number of halogens is 1. The van der Waals surface area contributed by atoms with Crippen molar-refractivity contribution < 1.29 is 4.79 Å². The molecule has 0 saturated carbocycles. The summed E-state index contributed by atoms with van der Waals surface area (Å²) in [5.74, 6) is 0.0237. The smallest absolute Gasteiger partial charge is 0.241 e. The van der Waals surface area contributed by atoms with Crippen molar-refractivity contribution in [3.8, 4) is 0 Å². The second kappa shape index (κ2) is 7.62. The monoisotopic (exact) mass is 328 g/mol. The van der Waals surface area contributed by atoms with Crippen LogP contribution in [0.2, 0.25) is 5.02 Å². The van der Waals surface area contributed by atoms with Crippen LogP contribution in [0.25, 0.3) is 0 Å². The van der Waals surface area contributed by atoms with Gasteiger partial charge in [0, 0.05) is 10.7 Å². The molecule has 1 heterocycles. The molecule has 0 aliphatic carbocycles. The number of carbonyl (C=O) groups excluding carboxylic acids is 1. The summed E-state index contributed by atoms with van der Waals surface area (Å²) in [4.78, 5) is 12.1.